The number of hydrogen-bond acceptors (Lipinski definition) is 3. The zero-order chi connectivity index (χ0) is 12.0. The lowest BCUT2D eigenvalue weighted by atomic mass is 10.1. The van der Waals surface area contributed by atoms with E-state index in [2.05, 4.69) is 11.4 Å². The van der Waals surface area contributed by atoms with Crippen molar-refractivity contribution in [3.63, 3.8) is 0 Å². The number of ketones is 1. The van der Waals surface area contributed by atoms with Gasteiger partial charge in [0.2, 0.25) is 0 Å². The van der Waals surface area contributed by atoms with E-state index in [0.29, 0.717) is 11.3 Å². The molecule has 1 rings (SSSR count). The summed E-state index contributed by atoms with van der Waals surface area (Å²) in [5.41, 5.74) is 8.12. The van der Waals surface area contributed by atoms with Crippen LogP contribution in [0.15, 0.2) is 24.3 Å². The van der Waals surface area contributed by atoms with Crippen molar-refractivity contribution in [1.82, 2.24) is 5.32 Å². The van der Waals surface area contributed by atoms with Crippen molar-refractivity contribution in [2.45, 2.75) is 13.3 Å². The van der Waals surface area contributed by atoms with Crippen LogP contribution in [0.5, 0.6) is 0 Å². The summed E-state index contributed by atoms with van der Waals surface area (Å²) in [6, 6.07) is 5.40. The minimum absolute atomic E-state index is 0.0393. The van der Waals surface area contributed by atoms with Crippen LogP contribution < -0.4 is 11.1 Å². The molecule has 0 heterocycles. The summed E-state index contributed by atoms with van der Waals surface area (Å²) in [4.78, 5) is 11.1. The first kappa shape index (κ1) is 12.5. The molecule has 0 fully saturated rings. The quantitative estimate of drug-likeness (QED) is 0.452. The molecule has 0 aliphatic carbocycles. The molecule has 86 valence electrons. The molecule has 3 nitrogen and oxygen atoms in total. The van der Waals surface area contributed by atoms with Gasteiger partial charge in [-0.15, -0.1) is 0 Å². The Labute approximate surface area is 96.3 Å². The van der Waals surface area contributed by atoms with Crippen LogP contribution in [0.4, 0.5) is 5.69 Å². The number of carbonyl (C=O) groups is 1. The molecular weight excluding hydrogens is 200 g/mol. The van der Waals surface area contributed by atoms with Gasteiger partial charge < -0.3 is 11.1 Å². The molecule has 0 unspecified atom stereocenters. The highest BCUT2D eigenvalue weighted by atomic mass is 16.1. The van der Waals surface area contributed by atoms with Crippen LogP contribution >= 0.6 is 0 Å². The van der Waals surface area contributed by atoms with Crippen molar-refractivity contribution in [3.8, 4) is 0 Å². The first-order chi connectivity index (χ1) is 7.65. The van der Waals surface area contributed by atoms with Crippen molar-refractivity contribution in [3.05, 3.63) is 35.4 Å². The highest BCUT2D eigenvalue weighted by molar-refractivity contribution is 5.95. The highest BCUT2D eigenvalue weighted by Gasteiger charge is 2.01. The molecule has 0 aromatic heterocycles. The largest absolute Gasteiger partial charge is 0.398 e. The Balaban J connectivity index is 2.75. The molecule has 1 aromatic carbocycles. The average Bonchev–Trinajstić information content (AvgIpc) is 2.26. The summed E-state index contributed by atoms with van der Waals surface area (Å²) in [6.45, 7) is 2.49. The molecule has 3 N–H and O–H groups in total. The van der Waals surface area contributed by atoms with E-state index in [4.69, 9.17) is 5.73 Å². The van der Waals surface area contributed by atoms with Crippen LogP contribution in [0.25, 0.3) is 6.08 Å². The van der Waals surface area contributed by atoms with Gasteiger partial charge in [0.1, 0.15) is 0 Å². The van der Waals surface area contributed by atoms with E-state index in [1.807, 2.05) is 19.2 Å². The number of anilines is 1. The first-order valence-corrected chi connectivity index (χ1v) is 5.36. The van der Waals surface area contributed by atoms with Gasteiger partial charge in [-0.05, 0) is 38.6 Å². The third-order valence-corrected chi connectivity index (χ3v) is 2.35. The Morgan fingerprint density at radius 1 is 1.50 bits per heavy atom. The molecule has 0 saturated heterocycles. The molecular formula is C13H18N2O. The van der Waals surface area contributed by atoms with E-state index >= 15 is 0 Å². The number of nitrogen functional groups attached to an aromatic ring is 1. The van der Waals surface area contributed by atoms with Gasteiger partial charge >= 0.3 is 0 Å². The predicted molar refractivity (Wildman–Crippen MR) is 68.4 cm³/mol. The Morgan fingerprint density at radius 3 is 2.81 bits per heavy atom. The van der Waals surface area contributed by atoms with Gasteiger partial charge in [0.15, 0.2) is 5.78 Å². The SMILES string of the molecule is CNCCC=Cc1ccc(C(C)=O)cc1N. The molecule has 1 aromatic rings. The molecule has 0 saturated carbocycles. The molecule has 0 atom stereocenters. The summed E-state index contributed by atoms with van der Waals surface area (Å²) in [7, 11) is 1.92. The lowest BCUT2D eigenvalue weighted by Crippen LogP contribution is -2.05. The third kappa shape index (κ3) is 3.51. The second kappa shape index (κ2) is 6.08. The molecule has 0 aliphatic rings. The van der Waals surface area contributed by atoms with Crippen LogP contribution in [0.3, 0.4) is 0 Å². The second-order valence-corrected chi connectivity index (χ2v) is 3.69. The van der Waals surface area contributed by atoms with E-state index in [-0.39, 0.29) is 5.78 Å². The van der Waals surface area contributed by atoms with Crippen molar-refractivity contribution < 1.29 is 4.79 Å². The minimum Gasteiger partial charge on any atom is -0.398 e. The van der Waals surface area contributed by atoms with Gasteiger partial charge in [0, 0.05) is 11.3 Å². The third-order valence-electron chi connectivity index (χ3n) is 2.35. The Bertz CT molecular complexity index is 397. The van der Waals surface area contributed by atoms with Gasteiger partial charge in [-0.3, -0.25) is 4.79 Å². The van der Waals surface area contributed by atoms with Crippen LogP contribution in [0.1, 0.15) is 29.3 Å². The van der Waals surface area contributed by atoms with E-state index in [0.717, 1.165) is 18.5 Å². The number of benzene rings is 1. The number of rotatable bonds is 5. The number of carbonyl (C=O) groups excluding carboxylic acids is 1. The minimum atomic E-state index is 0.0393. The van der Waals surface area contributed by atoms with Gasteiger partial charge in [-0.2, -0.15) is 0 Å². The lowest BCUT2D eigenvalue weighted by Gasteiger charge is -2.02. The Hall–Kier alpha value is -1.61. The van der Waals surface area contributed by atoms with Gasteiger partial charge in [-0.1, -0.05) is 24.3 Å². The molecule has 0 amide bonds. The van der Waals surface area contributed by atoms with Crippen molar-refractivity contribution >= 4 is 17.5 Å². The van der Waals surface area contributed by atoms with Gasteiger partial charge in [0.05, 0.1) is 0 Å². The number of Topliss-reactive ketones (excluding diaryl/α,β-unsaturated/α-hetero) is 1. The monoisotopic (exact) mass is 218 g/mol. The number of hydrogen-bond donors (Lipinski definition) is 2. The zero-order valence-electron chi connectivity index (χ0n) is 9.79. The van der Waals surface area contributed by atoms with Crippen molar-refractivity contribution in [2.75, 3.05) is 19.3 Å². The average molecular weight is 218 g/mol. The van der Waals surface area contributed by atoms with Crippen molar-refractivity contribution in [2.24, 2.45) is 0 Å². The summed E-state index contributed by atoms with van der Waals surface area (Å²) in [5, 5.41) is 3.07. The van der Waals surface area contributed by atoms with Crippen LogP contribution in [0.2, 0.25) is 0 Å². The molecule has 3 heteroatoms. The fourth-order valence-electron chi connectivity index (χ4n) is 1.38. The molecule has 0 bridgehead atoms. The van der Waals surface area contributed by atoms with Gasteiger partial charge in [-0.25, -0.2) is 0 Å². The summed E-state index contributed by atoms with van der Waals surface area (Å²) in [6.07, 6.45) is 5.01. The maximum Gasteiger partial charge on any atom is 0.159 e. The maximum atomic E-state index is 11.1. The Morgan fingerprint density at radius 2 is 2.25 bits per heavy atom. The summed E-state index contributed by atoms with van der Waals surface area (Å²) in [5.74, 6) is 0.0393. The number of nitrogens with two attached hydrogens (primary N) is 1. The fourth-order valence-corrected chi connectivity index (χ4v) is 1.38. The normalized spacial score (nSPS) is 10.9. The molecule has 0 spiro atoms. The summed E-state index contributed by atoms with van der Waals surface area (Å²) < 4.78 is 0. The summed E-state index contributed by atoms with van der Waals surface area (Å²) >= 11 is 0. The van der Waals surface area contributed by atoms with E-state index in [1.54, 1.807) is 12.1 Å². The molecule has 0 radical (unpaired) electrons. The van der Waals surface area contributed by atoms with Gasteiger partial charge in [0.25, 0.3) is 0 Å². The smallest absolute Gasteiger partial charge is 0.159 e. The fraction of sp³-hybridized carbons (Fsp3) is 0.308. The van der Waals surface area contributed by atoms with Crippen LogP contribution in [0, 0.1) is 0 Å². The maximum absolute atomic E-state index is 11.1. The topological polar surface area (TPSA) is 55.1 Å². The van der Waals surface area contributed by atoms with E-state index in [1.165, 1.54) is 6.92 Å². The van der Waals surface area contributed by atoms with E-state index < -0.39 is 0 Å². The number of nitrogens with one attached hydrogen (secondary N) is 1. The lowest BCUT2D eigenvalue weighted by molar-refractivity contribution is 0.101. The second-order valence-electron chi connectivity index (χ2n) is 3.69. The van der Waals surface area contributed by atoms with Crippen LogP contribution in [-0.4, -0.2) is 19.4 Å². The molecule has 16 heavy (non-hydrogen) atoms. The highest BCUT2D eigenvalue weighted by Crippen LogP contribution is 2.16. The van der Waals surface area contributed by atoms with E-state index in [9.17, 15) is 4.79 Å². The predicted octanol–water partition coefficient (Wildman–Crippen LogP) is 2.09. The first-order valence-electron chi connectivity index (χ1n) is 5.36. The zero-order valence-corrected chi connectivity index (χ0v) is 9.79. The Kier molecular flexibility index (Phi) is 4.73. The molecule has 0 aliphatic heterocycles. The standard InChI is InChI=1S/C13H18N2O/c1-10(16)12-7-6-11(13(14)9-12)5-3-4-8-15-2/h3,5-7,9,15H,4,8,14H2,1-2H3. The van der Waals surface area contributed by atoms with Crippen LogP contribution in [-0.2, 0) is 0 Å². The van der Waals surface area contributed by atoms with Crippen molar-refractivity contribution in [1.29, 1.82) is 0 Å².